The summed E-state index contributed by atoms with van der Waals surface area (Å²) in [6.07, 6.45) is 1.56. The molecule has 0 radical (unpaired) electrons. The van der Waals surface area contributed by atoms with Crippen LogP contribution in [0.5, 0.6) is 0 Å². The molecule has 4 atom stereocenters. The molecule has 1 aliphatic carbocycles. The normalized spacial score (nSPS) is 24.8. The van der Waals surface area contributed by atoms with Gasteiger partial charge in [0, 0.05) is 51.5 Å². The first-order valence-corrected chi connectivity index (χ1v) is 11.2. The van der Waals surface area contributed by atoms with Gasteiger partial charge in [-0.15, -0.1) is 0 Å². The summed E-state index contributed by atoms with van der Waals surface area (Å²) >= 11 is 0. The fourth-order valence-electron chi connectivity index (χ4n) is 4.66. The molecule has 3 aliphatic rings. The molecular weight excluding hydrogens is 424 g/mol. The van der Waals surface area contributed by atoms with E-state index in [0.717, 1.165) is 13.1 Å². The summed E-state index contributed by atoms with van der Waals surface area (Å²) in [4.78, 5) is 45.0. The zero-order valence-corrected chi connectivity index (χ0v) is 18.2. The number of piperidine rings is 1. The Labute approximate surface area is 190 Å². The Morgan fingerprint density at radius 1 is 1.06 bits per heavy atom. The Hall–Kier alpha value is -3.28. The molecular formula is C22H28N8O3. The van der Waals surface area contributed by atoms with E-state index in [0.29, 0.717) is 49.3 Å². The highest BCUT2D eigenvalue weighted by molar-refractivity contribution is 5.88. The van der Waals surface area contributed by atoms with Gasteiger partial charge in [-0.2, -0.15) is 4.98 Å². The predicted octanol–water partition coefficient (Wildman–Crippen LogP) is -0.915. The third-order valence-electron chi connectivity index (χ3n) is 6.81. The van der Waals surface area contributed by atoms with Crippen molar-refractivity contribution in [3.63, 3.8) is 0 Å². The van der Waals surface area contributed by atoms with E-state index in [-0.39, 0.29) is 23.8 Å². The van der Waals surface area contributed by atoms with Crippen molar-refractivity contribution in [2.45, 2.75) is 12.1 Å². The minimum atomic E-state index is -0.759. The van der Waals surface area contributed by atoms with Crippen molar-refractivity contribution in [2.24, 2.45) is 23.3 Å². The number of benzene rings is 1. The summed E-state index contributed by atoms with van der Waals surface area (Å²) in [5, 5.41) is 5.85. The number of likely N-dealkylation sites (tertiary alicyclic amines) is 1. The maximum atomic E-state index is 12.7. The van der Waals surface area contributed by atoms with Crippen LogP contribution in [0.15, 0.2) is 41.3 Å². The Morgan fingerprint density at radius 3 is 2.36 bits per heavy atom. The number of nitrogens with one attached hydrogen (secondary N) is 2. The Bertz CT molecular complexity index is 1100. The average molecular weight is 453 g/mol. The molecule has 33 heavy (non-hydrogen) atoms. The fourth-order valence-corrected chi connectivity index (χ4v) is 4.66. The molecule has 2 unspecified atom stereocenters. The largest absolute Gasteiger partial charge is 0.354 e. The SMILES string of the molecule is NC(C(=O)N1C[C@@H]2C(N)[C@@H]2C1)c1ccc(-n2ccc(NC(=O)N3CCNCC3)nc2=O)cc1. The molecule has 0 bridgehead atoms. The zero-order chi connectivity index (χ0) is 23.1. The molecule has 11 heteroatoms. The maximum Gasteiger partial charge on any atom is 0.354 e. The minimum absolute atomic E-state index is 0.106. The molecule has 5 rings (SSSR count). The van der Waals surface area contributed by atoms with Crippen LogP contribution in [0, 0.1) is 11.8 Å². The third kappa shape index (κ3) is 4.22. The summed E-state index contributed by atoms with van der Waals surface area (Å²) in [5.74, 6) is 0.915. The van der Waals surface area contributed by atoms with E-state index < -0.39 is 11.7 Å². The highest BCUT2D eigenvalue weighted by atomic mass is 16.2. The third-order valence-corrected chi connectivity index (χ3v) is 6.81. The number of hydrogen-bond acceptors (Lipinski definition) is 7. The Balaban J connectivity index is 1.23. The molecule has 3 heterocycles. The lowest BCUT2D eigenvalue weighted by Gasteiger charge is -2.27. The number of fused-ring (bicyclic) bond motifs is 1. The van der Waals surface area contributed by atoms with Gasteiger partial charge in [-0.3, -0.25) is 14.7 Å². The van der Waals surface area contributed by atoms with Gasteiger partial charge in [0.1, 0.15) is 11.9 Å². The van der Waals surface area contributed by atoms with Crippen molar-refractivity contribution in [1.82, 2.24) is 24.7 Å². The first kappa shape index (κ1) is 21.6. The summed E-state index contributed by atoms with van der Waals surface area (Å²) in [7, 11) is 0. The van der Waals surface area contributed by atoms with Crippen LogP contribution in [-0.4, -0.2) is 76.6 Å². The second-order valence-corrected chi connectivity index (χ2v) is 8.85. The van der Waals surface area contributed by atoms with Gasteiger partial charge in [-0.1, -0.05) is 12.1 Å². The maximum absolute atomic E-state index is 12.7. The molecule has 2 aromatic rings. The number of carbonyl (C=O) groups is 2. The number of rotatable bonds is 4. The van der Waals surface area contributed by atoms with Crippen LogP contribution < -0.4 is 27.8 Å². The number of nitrogens with zero attached hydrogens (tertiary/aromatic N) is 4. The number of aromatic nitrogens is 2. The van der Waals surface area contributed by atoms with E-state index in [1.807, 2.05) is 0 Å². The summed E-state index contributed by atoms with van der Waals surface area (Å²) in [6, 6.07) is 7.70. The van der Waals surface area contributed by atoms with Crippen LogP contribution in [0.3, 0.4) is 0 Å². The van der Waals surface area contributed by atoms with E-state index in [1.54, 1.807) is 46.3 Å². The quantitative estimate of drug-likeness (QED) is 0.468. The van der Waals surface area contributed by atoms with Crippen molar-refractivity contribution < 1.29 is 9.59 Å². The summed E-state index contributed by atoms with van der Waals surface area (Å²) < 4.78 is 1.37. The van der Waals surface area contributed by atoms with Crippen LogP contribution in [0.2, 0.25) is 0 Å². The van der Waals surface area contributed by atoms with Gasteiger partial charge >= 0.3 is 11.7 Å². The fraction of sp³-hybridized carbons (Fsp3) is 0.455. The lowest BCUT2D eigenvalue weighted by Crippen LogP contribution is -2.48. The lowest BCUT2D eigenvalue weighted by molar-refractivity contribution is -0.132. The first-order chi connectivity index (χ1) is 15.9. The number of amides is 3. The van der Waals surface area contributed by atoms with Gasteiger partial charge in [-0.05, 0) is 35.6 Å². The van der Waals surface area contributed by atoms with Gasteiger partial charge in [0.25, 0.3) is 0 Å². The summed E-state index contributed by atoms with van der Waals surface area (Å²) in [5.41, 5.74) is 12.9. The van der Waals surface area contributed by atoms with Crippen LogP contribution in [0.1, 0.15) is 11.6 Å². The number of carbonyl (C=O) groups excluding carboxylic acids is 2. The number of hydrogen-bond donors (Lipinski definition) is 4. The highest BCUT2D eigenvalue weighted by Crippen LogP contribution is 2.44. The molecule has 11 nitrogen and oxygen atoms in total. The standard InChI is InChI=1S/C22H28N8O3/c23-18(20(31)29-11-15-16(12-29)19(15)24)13-1-3-14(4-2-13)30-8-5-17(27-22(30)33)26-21(32)28-9-6-25-7-10-28/h1-5,8,15-16,18-19,25H,6-7,9-12,23-24H2,(H,26,27,32,33)/t15-,16+,18?,19?. The monoisotopic (exact) mass is 452 g/mol. The molecule has 6 N–H and O–H groups in total. The molecule has 0 spiro atoms. The van der Waals surface area contributed by atoms with E-state index in [1.165, 1.54) is 4.57 Å². The van der Waals surface area contributed by atoms with Crippen LogP contribution in [0.25, 0.3) is 5.69 Å². The lowest BCUT2D eigenvalue weighted by atomic mass is 10.1. The van der Waals surface area contributed by atoms with Crippen LogP contribution in [0.4, 0.5) is 10.6 Å². The van der Waals surface area contributed by atoms with Gasteiger partial charge in [-0.25, -0.2) is 9.59 Å². The summed E-state index contributed by atoms with van der Waals surface area (Å²) in [6.45, 7) is 4.03. The van der Waals surface area contributed by atoms with Crippen molar-refractivity contribution in [1.29, 1.82) is 0 Å². The van der Waals surface area contributed by atoms with Crippen molar-refractivity contribution in [2.75, 3.05) is 44.6 Å². The second kappa shape index (κ2) is 8.58. The van der Waals surface area contributed by atoms with Gasteiger partial charge in [0.2, 0.25) is 5.91 Å². The average Bonchev–Trinajstić information content (AvgIpc) is 3.22. The van der Waals surface area contributed by atoms with Crippen molar-refractivity contribution in [3.8, 4) is 5.69 Å². The molecule has 1 aromatic heterocycles. The molecule has 1 aromatic carbocycles. The number of piperazine rings is 1. The molecule has 174 valence electrons. The van der Waals surface area contributed by atoms with Crippen LogP contribution >= 0.6 is 0 Å². The molecule has 3 amide bonds. The van der Waals surface area contributed by atoms with Crippen LogP contribution in [-0.2, 0) is 4.79 Å². The van der Waals surface area contributed by atoms with E-state index in [2.05, 4.69) is 15.6 Å². The Kier molecular flexibility index (Phi) is 5.60. The van der Waals surface area contributed by atoms with Gasteiger partial charge < -0.3 is 26.6 Å². The Morgan fingerprint density at radius 2 is 1.73 bits per heavy atom. The first-order valence-electron chi connectivity index (χ1n) is 11.2. The number of anilines is 1. The topological polar surface area (TPSA) is 152 Å². The zero-order valence-electron chi connectivity index (χ0n) is 18.2. The van der Waals surface area contributed by atoms with Crippen molar-refractivity contribution >= 4 is 17.8 Å². The van der Waals surface area contributed by atoms with E-state index in [9.17, 15) is 14.4 Å². The van der Waals surface area contributed by atoms with Gasteiger partial charge in [0.15, 0.2) is 0 Å². The smallest absolute Gasteiger partial charge is 0.340 e. The second-order valence-electron chi connectivity index (χ2n) is 8.85. The highest BCUT2D eigenvalue weighted by Gasteiger charge is 2.54. The molecule has 2 saturated heterocycles. The predicted molar refractivity (Wildman–Crippen MR) is 122 cm³/mol. The number of nitrogens with two attached hydrogens (primary N) is 2. The van der Waals surface area contributed by atoms with E-state index in [4.69, 9.17) is 11.5 Å². The molecule has 1 saturated carbocycles. The molecule has 2 aliphatic heterocycles. The number of urea groups is 1. The van der Waals surface area contributed by atoms with E-state index >= 15 is 0 Å². The van der Waals surface area contributed by atoms with Crippen molar-refractivity contribution in [3.05, 3.63) is 52.6 Å². The van der Waals surface area contributed by atoms with Gasteiger partial charge in [0.05, 0.1) is 5.69 Å². The molecule has 3 fully saturated rings. The minimum Gasteiger partial charge on any atom is -0.340 e.